The molecular formula is C75H62O30. The van der Waals surface area contributed by atoms with Crippen molar-refractivity contribution in [2.45, 2.75) is 91.1 Å². The molecule has 0 saturated carbocycles. The summed E-state index contributed by atoms with van der Waals surface area (Å²) in [6, 6.07) is 20.7. The van der Waals surface area contributed by atoms with Gasteiger partial charge in [0.15, 0.2) is 81.9 Å². The van der Waals surface area contributed by atoms with Gasteiger partial charge in [-0.2, -0.15) is 0 Å². The second kappa shape index (κ2) is 24.6. The normalized spacial score (nSPS) is 24.2. The van der Waals surface area contributed by atoms with Crippen LogP contribution in [0.25, 0.3) is 0 Å². The molecule has 30 nitrogen and oxygen atoms in total. The fourth-order valence-electron chi connectivity index (χ4n) is 15.4. The summed E-state index contributed by atoms with van der Waals surface area (Å²) in [5.41, 5.74) is -5.67. The summed E-state index contributed by atoms with van der Waals surface area (Å²) < 4.78 is 32.8. The molecule has 0 unspecified atom stereocenters. The molecule has 0 amide bonds. The Morgan fingerprint density at radius 1 is 0.219 bits per heavy atom. The topological polar surface area (TPSA) is 552 Å². The number of hydrogen-bond acceptors (Lipinski definition) is 30. The molecule has 0 fully saturated rings. The second-order valence-corrected chi connectivity index (χ2v) is 26.3. The van der Waals surface area contributed by atoms with Gasteiger partial charge in [-0.05, 0) is 88.5 Å². The predicted octanol–water partition coefficient (Wildman–Crippen LogP) is 7.34. The van der Waals surface area contributed by atoms with E-state index in [1.54, 1.807) is 0 Å². The lowest BCUT2D eigenvalue weighted by atomic mass is 9.71. The summed E-state index contributed by atoms with van der Waals surface area (Å²) in [6.07, 6.45) is -19.9. The zero-order chi connectivity index (χ0) is 74.7. The van der Waals surface area contributed by atoms with Crippen LogP contribution in [0, 0.1) is 0 Å². The van der Waals surface area contributed by atoms with Crippen molar-refractivity contribution in [3.05, 3.63) is 205 Å². The average molecular weight is 1440 g/mol. The first kappa shape index (κ1) is 67.8. The maximum Gasteiger partial charge on any atom is 0.157 e. The van der Waals surface area contributed by atoms with Gasteiger partial charge in [0.1, 0.15) is 117 Å². The fourth-order valence-corrected chi connectivity index (χ4v) is 15.4. The molecule has 0 spiro atoms. The monoisotopic (exact) mass is 1440 g/mol. The Kier molecular flexibility index (Phi) is 15.9. The van der Waals surface area contributed by atoms with Gasteiger partial charge in [0.25, 0.3) is 0 Å². The molecule has 0 aliphatic carbocycles. The number of phenols is 20. The summed E-state index contributed by atoms with van der Waals surface area (Å²) in [7, 11) is 0. The first-order valence-corrected chi connectivity index (χ1v) is 32.1. The molecule has 10 aromatic carbocycles. The summed E-state index contributed by atoms with van der Waals surface area (Å²) in [4.78, 5) is 0. The van der Waals surface area contributed by atoms with Crippen LogP contribution >= 0.6 is 0 Å². The molecule has 5 aliphatic heterocycles. The number of rotatable bonds is 9. The van der Waals surface area contributed by atoms with Crippen molar-refractivity contribution in [2.75, 3.05) is 0 Å². The van der Waals surface area contributed by atoms with E-state index in [2.05, 4.69) is 0 Å². The van der Waals surface area contributed by atoms with Crippen molar-refractivity contribution in [1.29, 1.82) is 0 Å². The van der Waals surface area contributed by atoms with Gasteiger partial charge >= 0.3 is 0 Å². The minimum atomic E-state index is -2.31. The smallest absolute Gasteiger partial charge is 0.157 e. The summed E-state index contributed by atoms with van der Waals surface area (Å²) in [6.45, 7) is 0. The summed E-state index contributed by atoms with van der Waals surface area (Å²) in [5, 5.41) is 294. The van der Waals surface area contributed by atoms with E-state index in [1.165, 1.54) is 18.2 Å². The van der Waals surface area contributed by atoms with E-state index in [9.17, 15) is 128 Å². The number of fused-ring (bicyclic) bond motifs is 5. The third kappa shape index (κ3) is 10.7. The lowest BCUT2D eigenvalue weighted by Gasteiger charge is -2.45. The van der Waals surface area contributed by atoms with E-state index < -0.39 is 268 Å². The molecule has 0 saturated heterocycles. The van der Waals surface area contributed by atoms with Gasteiger partial charge in [-0.25, -0.2) is 0 Å². The molecular weight excluding hydrogens is 1380 g/mol. The van der Waals surface area contributed by atoms with Crippen molar-refractivity contribution in [3.8, 4) is 144 Å². The van der Waals surface area contributed by atoms with E-state index >= 15 is 0 Å². The van der Waals surface area contributed by atoms with E-state index in [-0.39, 0.29) is 44.7 Å². The van der Waals surface area contributed by atoms with Gasteiger partial charge in [-0.1, -0.05) is 30.3 Å². The third-order valence-electron chi connectivity index (χ3n) is 20.2. The molecule has 14 atom stereocenters. The molecule has 5 heterocycles. The van der Waals surface area contributed by atoms with Gasteiger partial charge in [-0.15, -0.1) is 0 Å². The number of benzene rings is 10. The molecule has 0 aromatic heterocycles. The predicted molar refractivity (Wildman–Crippen MR) is 356 cm³/mol. The number of phenolic OH excluding ortho intramolecular Hbond substituents is 20. The Morgan fingerprint density at radius 2 is 0.467 bits per heavy atom. The average Bonchev–Trinajstić information content (AvgIpc) is 0.718. The van der Waals surface area contributed by atoms with Crippen LogP contribution in [0.5, 0.6) is 144 Å². The second-order valence-electron chi connectivity index (χ2n) is 26.3. The van der Waals surface area contributed by atoms with E-state index in [0.29, 0.717) is 18.2 Å². The largest absolute Gasteiger partial charge is 0.508 e. The first-order valence-electron chi connectivity index (χ1n) is 32.1. The molecule has 25 N–H and O–H groups in total. The van der Waals surface area contributed by atoms with Crippen molar-refractivity contribution < 1.29 is 151 Å². The van der Waals surface area contributed by atoms with E-state index in [4.69, 9.17) is 23.7 Å². The number of hydrogen-bond donors (Lipinski definition) is 25. The van der Waals surface area contributed by atoms with Crippen molar-refractivity contribution in [3.63, 3.8) is 0 Å². The Hall–Kier alpha value is -13.0. The van der Waals surface area contributed by atoms with Gasteiger partial charge in [0, 0.05) is 92.9 Å². The van der Waals surface area contributed by atoms with E-state index in [0.717, 1.165) is 91.0 Å². The van der Waals surface area contributed by atoms with Crippen LogP contribution in [-0.4, -0.2) is 158 Å². The number of ether oxygens (including phenoxy) is 5. The molecule has 5 aliphatic rings. The molecule has 105 heavy (non-hydrogen) atoms. The fraction of sp³-hybridized carbons (Fsp3) is 0.200. The maximum atomic E-state index is 13.4. The highest BCUT2D eigenvalue weighted by atomic mass is 16.5. The Morgan fingerprint density at radius 3 is 0.771 bits per heavy atom. The molecule has 10 aromatic rings. The van der Waals surface area contributed by atoms with Crippen LogP contribution in [0.3, 0.4) is 0 Å². The first-order chi connectivity index (χ1) is 49.9. The summed E-state index contributed by atoms with van der Waals surface area (Å²) in [5.74, 6) is -27.3. The minimum Gasteiger partial charge on any atom is -0.508 e. The number of aliphatic hydroxyl groups is 5. The van der Waals surface area contributed by atoms with Crippen LogP contribution in [0.15, 0.2) is 127 Å². The molecule has 15 rings (SSSR count). The Balaban J connectivity index is 1.00. The van der Waals surface area contributed by atoms with E-state index in [1.807, 2.05) is 0 Å². The Bertz CT molecular complexity index is 5270. The lowest BCUT2D eigenvalue weighted by Crippen LogP contribution is -2.40. The van der Waals surface area contributed by atoms with Crippen LogP contribution in [0.2, 0.25) is 0 Å². The SMILES string of the molecule is Oc1cc(O)c2c(c1)O[C@H](c1ccc(O)c(O)c1)[C@H](O)[C@@H]2c1c(O)cc(O)c2c1O[C@H](c1ccc(O)c(O)c1)[C@H](O)[C@@H]2c1c(O)cc(O)c2c1O[C@H](c1ccc(O)c(O)c1)[C@H](O)[C@@H]2c1c(O)cc(O)c2c1O[C@H](c1ccc(O)c(O)c1)[C@H](O)[C@H]2c1c(O)cc(O)c2c1O[C@H](c1ccc(O)c(O)c1)[C@H](O)C2. The van der Waals surface area contributed by atoms with Crippen LogP contribution in [0.1, 0.15) is 132 Å². The quantitative estimate of drug-likeness (QED) is 0.0628. The minimum absolute atomic E-state index is 0.0287. The van der Waals surface area contributed by atoms with Gasteiger partial charge in [0.2, 0.25) is 0 Å². The zero-order valence-corrected chi connectivity index (χ0v) is 53.6. The highest BCUT2D eigenvalue weighted by Gasteiger charge is 2.55. The molecule has 0 bridgehead atoms. The number of aromatic hydroxyl groups is 20. The molecule has 0 radical (unpaired) electrons. The highest BCUT2D eigenvalue weighted by Crippen LogP contribution is 2.67. The van der Waals surface area contributed by atoms with Crippen LogP contribution in [-0.2, 0) is 6.42 Å². The van der Waals surface area contributed by atoms with Crippen molar-refractivity contribution in [1.82, 2.24) is 0 Å². The van der Waals surface area contributed by atoms with Gasteiger partial charge < -0.3 is 151 Å². The molecule has 542 valence electrons. The third-order valence-corrected chi connectivity index (χ3v) is 20.2. The maximum absolute atomic E-state index is 13.4. The molecule has 30 heteroatoms. The number of aliphatic hydroxyl groups excluding tert-OH is 5. The van der Waals surface area contributed by atoms with Gasteiger partial charge in [-0.3, -0.25) is 0 Å². The summed E-state index contributed by atoms with van der Waals surface area (Å²) >= 11 is 0. The highest BCUT2D eigenvalue weighted by molar-refractivity contribution is 5.75. The van der Waals surface area contributed by atoms with Crippen molar-refractivity contribution in [2.24, 2.45) is 0 Å². The van der Waals surface area contributed by atoms with Crippen molar-refractivity contribution >= 4 is 0 Å². The van der Waals surface area contributed by atoms with Crippen LogP contribution < -0.4 is 23.7 Å². The van der Waals surface area contributed by atoms with Gasteiger partial charge in [0.05, 0.1) is 29.8 Å². The van der Waals surface area contributed by atoms with Crippen LogP contribution in [0.4, 0.5) is 0 Å². The lowest BCUT2D eigenvalue weighted by molar-refractivity contribution is -0.0101. The Labute approximate surface area is 589 Å². The standard InChI is InChI=1S/C75H62O30/c76-28-16-41(88)51-50(17-28)101-68(24-2-7-31(78)37(84)12-24)63(97)59(51)53-43(90)20-45(92)55-61(65(99)70(103-73(53)55)26-4-9-33(80)39(86)14-26)57-47(94)22-48(95)58-62(66(100)71(105-75(57)58)27-5-10-34(81)40(87)15-27)56-46(93)21-44(91)54-60(64(98)69(104-74(54)56)25-3-8-32(79)38(85)13-25)52-42(89)19-35(82)29-18-49(96)67(102-72(29)52)23-1-6-30(77)36(83)11-23/h1-17,19-22,49,59-71,76-100H,18H2/t49-,59+,60+,61+,62-,63-,64-,65-,66-,67-,68-,69-,70-,71-/m1/s1. The zero-order valence-electron chi connectivity index (χ0n) is 53.6.